The van der Waals surface area contributed by atoms with E-state index in [-0.39, 0.29) is 10.8 Å². The van der Waals surface area contributed by atoms with Crippen LogP contribution in [0.5, 0.6) is 0 Å². The van der Waals surface area contributed by atoms with Crippen molar-refractivity contribution in [2.45, 2.75) is 52.4 Å². The Hall–Kier alpha value is -1.94. The van der Waals surface area contributed by atoms with Crippen LogP contribution in [0.1, 0.15) is 59.7 Å². The van der Waals surface area contributed by atoms with E-state index < -0.39 is 0 Å². The summed E-state index contributed by atoms with van der Waals surface area (Å²) in [5.41, 5.74) is 9.11. The third-order valence-electron chi connectivity index (χ3n) is 7.58. The van der Waals surface area contributed by atoms with Gasteiger partial charge >= 0.3 is 0 Å². The zero-order valence-corrected chi connectivity index (χ0v) is 21.1. The number of hydrogen-bond donors (Lipinski definition) is 0. The van der Waals surface area contributed by atoms with E-state index in [1.807, 2.05) is 34.0 Å². The summed E-state index contributed by atoms with van der Waals surface area (Å²) in [6, 6.07) is 14.5. The van der Waals surface area contributed by atoms with Gasteiger partial charge in [0, 0.05) is 35.0 Å². The SMILES string of the molecule is Cc1cc2c(s1)-c1ccc3c4c(ccc3c1C2(C)C)-c1sc2cc(C)sc2c1C4(C)C. The van der Waals surface area contributed by atoms with Gasteiger partial charge in [0.25, 0.3) is 0 Å². The van der Waals surface area contributed by atoms with Crippen LogP contribution in [-0.2, 0) is 10.8 Å². The maximum atomic E-state index is 2.44. The highest BCUT2D eigenvalue weighted by molar-refractivity contribution is 7.30. The molecule has 3 heteroatoms. The molecule has 0 N–H and O–H groups in total. The number of hydrogen-bond acceptors (Lipinski definition) is 3. The predicted molar refractivity (Wildman–Crippen MR) is 140 cm³/mol. The van der Waals surface area contributed by atoms with Gasteiger partial charge in [-0.3, -0.25) is 0 Å². The smallest absolute Gasteiger partial charge is 0.0500 e. The first kappa shape index (κ1) is 18.6. The van der Waals surface area contributed by atoms with Crippen LogP contribution in [0.4, 0.5) is 0 Å². The predicted octanol–water partition coefficient (Wildman–Crippen LogP) is 9.41. The minimum Gasteiger partial charge on any atom is -0.140 e. The van der Waals surface area contributed by atoms with Crippen molar-refractivity contribution >= 4 is 54.2 Å². The molecule has 0 unspecified atom stereocenters. The van der Waals surface area contributed by atoms with Crippen molar-refractivity contribution in [2.24, 2.45) is 0 Å². The van der Waals surface area contributed by atoms with E-state index in [2.05, 4.69) is 77.9 Å². The second-order valence-electron chi connectivity index (χ2n) is 10.3. The Bertz CT molecular complexity index is 1600. The average Bonchev–Trinajstić information content (AvgIpc) is 3.43. The van der Waals surface area contributed by atoms with Crippen LogP contribution in [0.25, 0.3) is 41.1 Å². The Balaban J connectivity index is 1.57. The Morgan fingerprint density at radius 3 is 1.94 bits per heavy atom. The monoisotopic (exact) mass is 456 g/mol. The molecule has 0 bridgehead atoms. The van der Waals surface area contributed by atoms with Gasteiger partial charge in [-0.15, -0.1) is 34.0 Å². The first-order chi connectivity index (χ1) is 14.7. The van der Waals surface area contributed by atoms with Crippen molar-refractivity contribution < 1.29 is 0 Å². The Labute approximate surface area is 195 Å². The Morgan fingerprint density at radius 2 is 1.23 bits per heavy atom. The molecule has 0 saturated carbocycles. The van der Waals surface area contributed by atoms with Crippen LogP contribution in [-0.4, -0.2) is 0 Å². The molecule has 0 atom stereocenters. The van der Waals surface area contributed by atoms with E-state index >= 15 is 0 Å². The molecule has 0 amide bonds. The van der Waals surface area contributed by atoms with E-state index in [0.29, 0.717) is 0 Å². The van der Waals surface area contributed by atoms with Gasteiger partial charge in [0.1, 0.15) is 0 Å². The highest BCUT2D eigenvalue weighted by Gasteiger charge is 2.43. The van der Waals surface area contributed by atoms with Crippen molar-refractivity contribution in [3.8, 4) is 20.9 Å². The van der Waals surface area contributed by atoms with E-state index in [1.165, 1.54) is 67.5 Å². The largest absolute Gasteiger partial charge is 0.140 e. The summed E-state index contributed by atoms with van der Waals surface area (Å²) in [5, 5.41) is 2.90. The fourth-order valence-electron chi connectivity index (χ4n) is 6.33. The molecule has 7 rings (SSSR count). The number of rotatable bonds is 0. The fourth-order valence-corrected chi connectivity index (χ4v) is 10.4. The minimum atomic E-state index is 0.0259. The molecule has 2 aliphatic rings. The third kappa shape index (κ3) is 2.07. The Morgan fingerprint density at radius 1 is 0.613 bits per heavy atom. The second-order valence-corrected chi connectivity index (χ2v) is 13.8. The lowest BCUT2D eigenvalue weighted by atomic mass is 9.76. The molecule has 2 aromatic carbocycles. The van der Waals surface area contributed by atoms with Crippen LogP contribution < -0.4 is 0 Å². The summed E-state index contributed by atoms with van der Waals surface area (Å²) in [6.07, 6.45) is 0. The van der Waals surface area contributed by atoms with Crippen LogP contribution in [0.15, 0.2) is 36.4 Å². The van der Waals surface area contributed by atoms with E-state index in [0.717, 1.165) is 0 Å². The minimum absolute atomic E-state index is 0.0259. The van der Waals surface area contributed by atoms with Crippen LogP contribution in [0, 0.1) is 13.8 Å². The normalized spacial score (nSPS) is 17.2. The van der Waals surface area contributed by atoms with Crippen molar-refractivity contribution in [3.05, 3.63) is 68.4 Å². The molecule has 3 aromatic heterocycles. The maximum absolute atomic E-state index is 2.44. The van der Waals surface area contributed by atoms with Gasteiger partial charge in [0.05, 0.1) is 4.70 Å². The lowest BCUT2D eigenvalue weighted by Crippen LogP contribution is -2.17. The van der Waals surface area contributed by atoms with Gasteiger partial charge in [0.15, 0.2) is 0 Å². The summed E-state index contributed by atoms with van der Waals surface area (Å²) in [6.45, 7) is 14.2. The van der Waals surface area contributed by atoms with Crippen molar-refractivity contribution in [1.82, 2.24) is 0 Å². The van der Waals surface area contributed by atoms with Crippen LogP contribution in [0.3, 0.4) is 0 Å². The van der Waals surface area contributed by atoms with Crippen molar-refractivity contribution in [3.63, 3.8) is 0 Å². The molecule has 0 aliphatic heterocycles. The van der Waals surface area contributed by atoms with Crippen LogP contribution in [0.2, 0.25) is 0 Å². The molecular formula is C28H24S3. The summed E-state index contributed by atoms with van der Waals surface area (Å²) < 4.78 is 2.97. The molecule has 0 radical (unpaired) electrons. The lowest BCUT2D eigenvalue weighted by Gasteiger charge is -2.26. The topological polar surface area (TPSA) is 0 Å². The number of benzene rings is 2. The van der Waals surface area contributed by atoms with Crippen molar-refractivity contribution in [2.75, 3.05) is 0 Å². The van der Waals surface area contributed by atoms with E-state index in [9.17, 15) is 0 Å². The molecule has 5 aromatic rings. The molecule has 3 heterocycles. The lowest BCUT2D eigenvalue weighted by molar-refractivity contribution is 0.664. The van der Waals surface area contributed by atoms with Crippen molar-refractivity contribution in [1.29, 1.82) is 0 Å². The third-order valence-corrected chi connectivity index (χ3v) is 11.0. The number of fused-ring (bicyclic) bond motifs is 11. The van der Waals surface area contributed by atoms with Gasteiger partial charge < -0.3 is 0 Å². The average molecular weight is 457 g/mol. The molecule has 0 spiro atoms. The fraction of sp³-hybridized carbons (Fsp3) is 0.286. The molecule has 31 heavy (non-hydrogen) atoms. The van der Waals surface area contributed by atoms with E-state index in [1.54, 1.807) is 5.56 Å². The quantitative estimate of drug-likeness (QED) is 0.218. The summed E-state index contributed by atoms with van der Waals surface area (Å²) in [4.78, 5) is 5.81. The number of aryl methyl sites for hydroxylation is 2. The van der Waals surface area contributed by atoms with Gasteiger partial charge in [-0.05, 0) is 70.1 Å². The van der Waals surface area contributed by atoms with Crippen LogP contribution >= 0.6 is 34.0 Å². The number of thiophene rings is 3. The first-order valence-electron chi connectivity index (χ1n) is 11.0. The highest BCUT2D eigenvalue weighted by Crippen LogP contribution is 2.60. The zero-order valence-electron chi connectivity index (χ0n) is 18.7. The van der Waals surface area contributed by atoms with Gasteiger partial charge in [-0.25, -0.2) is 0 Å². The van der Waals surface area contributed by atoms with Gasteiger partial charge in [0.2, 0.25) is 0 Å². The molecule has 0 fully saturated rings. The molecular weight excluding hydrogens is 433 g/mol. The Kier molecular flexibility index (Phi) is 3.31. The van der Waals surface area contributed by atoms with Gasteiger partial charge in [-0.2, -0.15) is 0 Å². The molecule has 154 valence electrons. The summed E-state index contributed by atoms with van der Waals surface area (Å²) in [5.74, 6) is 0. The highest BCUT2D eigenvalue weighted by atomic mass is 32.1. The molecule has 2 aliphatic carbocycles. The van der Waals surface area contributed by atoms with Gasteiger partial charge in [-0.1, -0.05) is 52.0 Å². The summed E-state index contributed by atoms with van der Waals surface area (Å²) in [7, 11) is 0. The first-order valence-corrected chi connectivity index (χ1v) is 13.4. The standard InChI is InChI=1S/C28H24S3/c1-13-11-19-24(29-13)17-9-7-16-15(21(17)27(19,3)4)8-10-18-22(16)28(5,6)23-25(18)31-20-12-14(2)30-26(20)23/h7-12H,1-6H3. The second kappa shape index (κ2) is 5.51. The summed E-state index contributed by atoms with van der Waals surface area (Å²) >= 11 is 5.91. The maximum Gasteiger partial charge on any atom is 0.0500 e. The molecule has 0 nitrogen and oxygen atoms in total. The zero-order chi connectivity index (χ0) is 21.4. The molecule has 0 saturated heterocycles. The van der Waals surface area contributed by atoms with E-state index in [4.69, 9.17) is 0 Å².